The largest absolute Gasteiger partial charge is 0.345 e. The lowest BCUT2D eigenvalue weighted by Gasteiger charge is -2.25. The maximum Gasteiger partial charge on any atom is 0.208 e. The number of hydrogen-bond acceptors (Lipinski definition) is 1. The standard InChI is InChI=1S/C29H37N2/c1-7-30(28-22-16-14-18-24(28)3)26(5)20-12-10-9-11-13-21-27(6)31(8-2)29-23-17-15-19-25(29)4/h9-23H,7-8H2,1-6H3/q+1. The van der Waals surface area contributed by atoms with Crippen LogP contribution in [0, 0.1) is 13.8 Å². The molecule has 0 amide bonds. The Kier molecular flexibility index (Phi) is 9.77. The molecule has 0 saturated heterocycles. The van der Waals surface area contributed by atoms with Gasteiger partial charge >= 0.3 is 0 Å². The molecule has 31 heavy (non-hydrogen) atoms. The molecule has 162 valence electrons. The Bertz CT molecular complexity index is 1000. The highest BCUT2D eigenvalue weighted by Gasteiger charge is 2.12. The molecular weight excluding hydrogens is 376 g/mol. The molecule has 0 fully saturated rings. The summed E-state index contributed by atoms with van der Waals surface area (Å²) < 4.78 is 2.34. The predicted octanol–water partition coefficient (Wildman–Crippen LogP) is 7.53. The Morgan fingerprint density at radius 3 is 2.06 bits per heavy atom. The topological polar surface area (TPSA) is 6.25 Å². The van der Waals surface area contributed by atoms with Crippen LogP contribution in [0.25, 0.3) is 0 Å². The molecule has 2 aromatic rings. The number of rotatable bonds is 9. The van der Waals surface area contributed by atoms with Crippen LogP contribution in [0.5, 0.6) is 0 Å². The highest BCUT2D eigenvalue weighted by atomic mass is 15.1. The summed E-state index contributed by atoms with van der Waals surface area (Å²) >= 11 is 0. The number of hydrogen-bond donors (Lipinski definition) is 0. The molecule has 0 atom stereocenters. The minimum atomic E-state index is 0.948. The third-order valence-corrected chi connectivity index (χ3v) is 5.42. The number of nitrogens with zero attached hydrogens (tertiary/aromatic N) is 2. The quantitative estimate of drug-likeness (QED) is 0.234. The summed E-state index contributed by atoms with van der Waals surface area (Å²) in [5, 5.41) is 0. The van der Waals surface area contributed by atoms with Gasteiger partial charge in [0.05, 0.1) is 0 Å². The van der Waals surface area contributed by atoms with Crippen molar-refractivity contribution in [1.82, 2.24) is 0 Å². The minimum Gasteiger partial charge on any atom is -0.345 e. The van der Waals surface area contributed by atoms with Crippen molar-refractivity contribution in [3.8, 4) is 0 Å². The number of aryl methyl sites for hydroxylation is 2. The van der Waals surface area contributed by atoms with Crippen LogP contribution >= 0.6 is 0 Å². The van der Waals surface area contributed by atoms with E-state index in [0.717, 1.165) is 13.1 Å². The third-order valence-electron chi connectivity index (χ3n) is 5.42. The van der Waals surface area contributed by atoms with Crippen molar-refractivity contribution >= 4 is 17.1 Å². The highest BCUT2D eigenvalue weighted by molar-refractivity contribution is 5.89. The van der Waals surface area contributed by atoms with Gasteiger partial charge in [-0.1, -0.05) is 66.8 Å². The summed E-state index contributed by atoms with van der Waals surface area (Å²) in [7, 11) is 0. The van der Waals surface area contributed by atoms with Crippen molar-refractivity contribution in [3.63, 3.8) is 0 Å². The zero-order chi connectivity index (χ0) is 22.6. The summed E-state index contributed by atoms with van der Waals surface area (Å²) in [5.41, 5.74) is 7.60. The monoisotopic (exact) mass is 413 g/mol. The summed E-state index contributed by atoms with van der Waals surface area (Å²) in [4.78, 5) is 2.34. The van der Waals surface area contributed by atoms with Crippen LogP contribution in [0.4, 0.5) is 11.4 Å². The molecule has 0 aromatic heterocycles. The van der Waals surface area contributed by atoms with Crippen molar-refractivity contribution < 1.29 is 4.58 Å². The van der Waals surface area contributed by atoms with Crippen molar-refractivity contribution in [2.75, 3.05) is 18.0 Å². The van der Waals surface area contributed by atoms with E-state index in [9.17, 15) is 0 Å². The second-order valence-electron chi connectivity index (χ2n) is 7.64. The molecule has 0 N–H and O–H groups in total. The van der Waals surface area contributed by atoms with Crippen LogP contribution < -0.4 is 4.90 Å². The van der Waals surface area contributed by atoms with Gasteiger partial charge in [0.2, 0.25) is 5.69 Å². The van der Waals surface area contributed by atoms with Gasteiger partial charge in [0, 0.05) is 42.6 Å². The maximum atomic E-state index is 2.34. The number of allylic oxidation sites excluding steroid dienone is 8. The van der Waals surface area contributed by atoms with Gasteiger partial charge in [0.25, 0.3) is 0 Å². The predicted molar refractivity (Wildman–Crippen MR) is 138 cm³/mol. The fourth-order valence-electron chi connectivity index (χ4n) is 3.71. The second-order valence-corrected chi connectivity index (χ2v) is 7.64. The first-order valence-corrected chi connectivity index (χ1v) is 11.2. The molecule has 0 spiro atoms. The molecule has 2 nitrogen and oxygen atoms in total. The van der Waals surface area contributed by atoms with Crippen molar-refractivity contribution in [1.29, 1.82) is 0 Å². The Hall–Kier alpha value is -3.13. The Balaban J connectivity index is 2.03. The van der Waals surface area contributed by atoms with Gasteiger partial charge in [-0.2, -0.15) is 4.58 Å². The lowest BCUT2D eigenvalue weighted by Crippen LogP contribution is -2.20. The molecule has 0 unspecified atom stereocenters. The molecule has 0 bridgehead atoms. The summed E-state index contributed by atoms with van der Waals surface area (Å²) in [6, 6.07) is 17.1. The zero-order valence-corrected chi connectivity index (χ0v) is 20.0. The smallest absolute Gasteiger partial charge is 0.208 e. The molecular formula is C29H37N2+. The van der Waals surface area contributed by atoms with Crippen LogP contribution in [0.15, 0.2) is 96.8 Å². The first-order valence-electron chi connectivity index (χ1n) is 11.2. The summed E-state index contributed by atoms with van der Waals surface area (Å²) in [6.07, 6.45) is 14.8. The third kappa shape index (κ3) is 6.96. The van der Waals surface area contributed by atoms with Crippen LogP contribution in [0.3, 0.4) is 0 Å². The van der Waals surface area contributed by atoms with Gasteiger partial charge in [-0.05, 0) is 52.3 Å². The molecule has 0 aliphatic rings. The lowest BCUT2D eigenvalue weighted by molar-refractivity contribution is -0.436. The fourth-order valence-corrected chi connectivity index (χ4v) is 3.71. The molecule has 0 saturated carbocycles. The van der Waals surface area contributed by atoms with Crippen molar-refractivity contribution in [3.05, 3.63) is 108 Å². The normalized spacial score (nSPS) is 13.4. The van der Waals surface area contributed by atoms with Gasteiger partial charge in [-0.25, -0.2) is 0 Å². The average molecular weight is 414 g/mol. The summed E-state index contributed by atoms with van der Waals surface area (Å²) in [5.74, 6) is 0. The Morgan fingerprint density at radius 2 is 1.42 bits per heavy atom. The minimum absolute atomic E-state index is 0.948. The van der Waals surface area contributed by atoms with E-state index in [0.29, 0.717) is 0 Å². The molecule has 0 radical (unpaired) electrons. The molecule has 2 heteroatoms. The molecule has 2 aromatic carbocycles. The number of benzene rings is 2. The van der Waals surface area contributed by atoms with E-state index in [2.05, 4.69) is 142 Å². The zero-order valence-electron chi connectivity index (χ0n) is 20.0. The number of anilines is 1. The van der Waals surface area contributed by atoms with Crippen molar-refractivity contribution in [2.45, 2.75) is 41.5 Å². The molecule has 0 aliphatic heterocycles. The molecule has 2 rings (SSSR count). The lowest BCUT2D eigenvalue weighted by atomic mass is 10.1. The second kappa shape index (κ2) is 12.5. The highest BCUT2D eigenvalue weighted by Crippen LogP contribution is 2.23. The van der Waals surface area contributed by atoms with Crippen LogP contribution in [0.1, 0.15) is 38.8 Å². The number of para-hydroxylation sites is 2. The first-order chi connectivity index (χ1) is 15.0. The van der Waals surface area contributed by atoms with E-state index >= 15 is 0 Å². The molecule has 0 heterocycles. The van der Waals surface area contributed by atoms with Crippen LogP contribution in [-0.4, -0.2) is 23.4 Å². The van der Waals surface area contributed by atoms with E-state index in [-0.39, 0.29) is 0 Å². The van der Waals surface area contributed by atoms with E-state index in [1.165, 1.54) is 33.9 Å². The van der Waals surface area contributed by atoms with E-state index in [1.807, 2.05) is 0 Å². The van der Waals surface area contributed by atoms with Gasteiger partial charge in [0.15, 0.2) is 5.71 Å². The fraction of sp³-hybridized carbons (Fsp3) is 0.276. The Morgan fingerprint density at radius 1 is 0.806 bits per heavy atom. The van der Waals surface area contributed by atoms with Crippen LogP contribution in [0.2, 0.25) is 0 Å². The van der Waals surface area contributed by atoms with E-state index < -0.39 is 0 Å². The van der Waals surface area contributed by atoms with Crippen molar-refractivity contribution in [2.24, 2.45) is 0 Å². The van der Waals surface area contributed by atoms with Gasteiger partial charge in [-0.3, -0.25) is 0 Å². The van der Waals surface area contributed by atoms with E-state index in [4.69, 9.17) is 0 Å². The van der Waals surface area contributed by atoms with E-state index in [1.54, 1.807) is 0 Å². The Labute approximate surface area is 189 Å². The van der Waals surface area contributed by atoms with Crippen LogP contribution in [-0.2, 0) is 0 Å². The SMILES string of the molecule is CCN(/C(C)=C/C=C/C=C/C=C/C(C)=[N+](\CC)c1ccccc1C)c1ccccc1C. The summed E-state index contributed by atoms with van der Waals surface area (Å²) in [6.45, 7) is 14.9. The first kappa shape index (κ1) is 24.1. The van der Waals surface area contributed by atoms with Gasteiger partial charge < -0.3 is 4.90 Å². The van der Waals surface area contributed by atoms with Gasteiger partial charge in [0.1, 0.15) is 6.54 Å². The maximum absolute atomic E-state index is 2.34. The van der Waals surface area contributed by atoms with Gasteiger partial charge in [-0.15, -0.1) is 0 Å². The molecule has 0 aliphatic carbocycles. The average Bonchev–Trinajstić information content (AvgIpc) is 2.76.